The van der Waals surface area contributed by atoms with Crippen molar-refractivity contribution in [2.45, 2.75) is 49.2 Å². The molecule has 0 aromatic carbocycles. The Morgan fingerprint density at radius 3 is 3.09 bits per heavy atom. The fourth-order valence-electron chi connectivity index (χ4n) is 2.33. The highest BCUT2D eigenvalue weighted by Crippen LogP contribution is 2.27. The van der Waals surface area contributed by atoms with Gasteiger partial charge in [0.15, 0.2) is 5.16 Å². The van der Waals surface area contributed by atoms with Gasteiger partial charge in [-0.05, 0) is 12.8 Å². The predicted octanol–water partition coefficient (Wildman–Crippen LogP) is -0.156. The van der Waals surface area contributed by atoms with Crippen LogP contribution in [0.3, 0.4) is 0 Å². The van der Waals surface area contributed by atoms with E-state index in [1.807, 2.05) is 0 Å². The molecule has 0 saturated heterocycles. The lowest BCUT2D eigenvalue weighted by Gasteiger charge is -2.18. The third kappa shape index (κ3) is 4.92. The highest BCUT2D eigenvalue weighted by molar-refractivity contribution is 7.99. The van der Waals surface area contributed by atoms with E-state index < -0.39 is 43.3 Å². The number of hydrogen-bond acceptors (Lipinski definition) is 9. The lowest BCUT2D eigenvalue weighted by molar-refractivity contribution is -0.0612. The van der Waals surface area contributed by atoms with Gasteiger partial charge in [0.25, 0.3) is 0 Å². The molecule has 23 heavy (non-hydrogen) atoms. The van der Waals surface area contributed by atoms with Gasteiger partial charge in [-0.15, -0.1) is 0 Å². The van der Waals surface area contributed by atoms with Crippen molar-refractivity contribution in [1.82, 2.24) is 9.97 Å². The summed E-state index contributed by atoms with van der Waals surface area (Å²) in [6.45, 7) is -3.48. The molecule has 4 atom stereocenters. The number of aliphatic hydroxyl groups excluding tert-OH is 3. The number of nitrogens with one attached hydrogen (secondary N) is 1. The summed E-state index contributed by atoms with van der Waals surface area (Å²) in [5, 5.41) is 31.6. The molecule has 2 rings (SSSR count). The minimum atomic E-state index is -3.22. The van der Waals surface area contributed by atoms with Crippen molar-refractivity contribution in [2.24, 2.45) is 0 Å². The van der Waals surface area contributed by atoms with E-state index in [0.717, 1.165) is 0 Å². The van der Waals surface area contributed by atoms with E-state index in [0.29, 0.717) is 0 Å². The fourth-order valence-corrected chi connectivity index (χ4v) is 2.76. The molecular formula is C14H24N4O4S. The highest BCUT2D eigenvalue weighted by Gasteiger charge is 2.42. The Labute approximate surface area is 149 Å². The molecule has 0 radical (unpaired) electrons. The van der Waals surface area contributed by atoms with Crippen LogP contribution >= 0.6 is 11.8 Å². The maximum atomic E-state index is 10.2. The molecule has 1 aromatic heterocycles. The number of nitrogens with two attached hydrogens (primary N) is 1. The summed E-state index contributed by atoms with van der Waals surface area (Å²) in [6, 6.07) is 0.584. The number of rotatable bonds is 8. The first-order valence-corrected chi connectivity index (χ1v) is 7.70. The number of nitrogen functional groups attached to an aromatic ring is 1. The van der Waals surface area contributed by atoms with E-state index in [-0.39, 0.29) is 48.2 Å². The number of aliphatic hydroxyl groups is 3. The molecule has 8 nitrogen and oxygen atoms in total. The van der Waals surface area contributed by atoms with Crippen LogP contribution in [0.4, 0.5) is 11.6 Å². The molecule has 130 valence electrons. The Morgan fingerprint density at radius 1 is 1.52 bits per heavy atom. The van der Waals surface area contributed by atoms with Gasteiger partial charge in [0.05, 0.1) is 25.4 Å². The first kappa shape index (κ1) is 10.7. The molecule has 0 spiro atoms. The van der Waals surface area contributed by atoms with Gasteiger partial charge < -0.3 is 31.1 Å². The van der Waals surface area contributed by atoms with E-state index in [2.05, 4.69) is 15.3 Å². The lowest BCUT2D eigenvalue weighted by Crippen LogP contribution is -2.36. The van der Waals surface area contributed by atoms with Gasteiger partial charge in [0, 0.05) is 21.4 Å². The van der Waals surface area contributed by atoms with E-state index in [1.54, 1.807) is 0 Å². The molecular weight excluding hydrogens is 320 g/mol. The molecule has 1 saturated carbocycles. The number of anilines is 2. The molecule has 1 fully saturated rings. The minimum Gasteiger partial charge on any atom is -0.394 e. The van der Waals surface area contributed by atoms with Gasteiger partial charge in [-0.2, -0.15) is 0 Å². The van der Waals surface area contributed by atoms with Crippen LogP contribution in [-0.4, -0.2) is 68.6 Å². The summed E-state index contributed by atoms with van der Waals surface area (Å²) in [4.78, 5) is 7.83. The predicted molar refractivity (Wildman–Crippen MR) is 88.3 cm³/mol. The molecule has 0 aliphatic heterocycles. The number of nitrogens with zero attached hydrogens (tertiary/aromatic N) is 2. The van der Waals surface area contributed by atoms with Crippen molar-refractivity contribution in [3.63, 3.8) is 0 Å². The minimum absolute atomic E-state index is 0.0109. The van der Waals surface area contributed by atoms with Crippen LogP contribution in [0.2, 0.25) is 0 Å². The molecule has 9 heteroatoms. The zero-order valence-electron chi connectivity index (χ0n) is 19.1. The van der Waals surface area contributed by atoms with Crippen LogP contribution in [0.15, 0.2) is 11.2 Å². The number of aromatic nitrogens is 2. The van der Waals surface area contributed by atoms with Crippen molar-refractivity contribution < 1.29 is 29.7 Å². The quantitative estimate of drug-likeness (QED) is 0.320. The molecule has 0 unspecified atom stereocenters. The van der Waals surface area contributed by atoms with Gasteiger partial charge in [0.1, 0.15) is 23.8 Å². The van der Waals surface area contributed by atoms with Gasteiger partial charge in [-0.3, -0.25) is 0 Å². The monoisotopic (exact) mass is 351 g/mol. The summed E-state index contributed by atoms with van der Waals surface area (Å²) >= 11 is 0.171. The highest BCUT2D eigenvalue weighted by atomic mass is 32.2. The Hall–Kier alpha value is -1.13. The number of ether oxygens (including phenoxy) is 1. The SMILES string of the molecule is [2H]C([2H])([2H])C([2H])([2H])C([2H])([2H])Sc1nc(N)cc(N[C@@H]2C[C@H](OCCO)[C@@H](O)[C@H]2O)n1. The lowest BCUT2D eigenvalue weighted by atomic mass is 10.2. The second kappa shape index (κ2) is 8.65. The smallest absolute Gasteiger partial charge is 0.191 e. The van der Waals surface area contributed by atoms with E-state index in [4.69, 9.17) is 25.2 Å². The van der Waals surface area contributed by atoms with Crippen LogP contribution in [0.5, 0.6) is 0 Å². The summed E-state index contributed by atoms with van der Waals surface area (Å²) in [5.74, 6) is -0.0318. The number of hydrogen-bond donors (Lipinski definition) is 5. The van der Waals surface area contributed by atoms with Crippen molar-refractivity contribution in [3.8, 4) is 0 Å². The molecule has 0 bridgehead atoms. The van der Waals surface area contributed by atoms with Crippen LogP contribution in [0, 0.1) is 0 Å². The van der Waals surface area contributed by atoms with Crippen molar-refractivity contribution >= 4 is 23.4 Å². The van der Waals surface area contributed by atoms with E-state index in [9.17, 15) is 10.2 Å². The number of thioether (sulfide) groups is 1. The molecule has 1 aliphatic carbocycles. The Kier molecular flexibility index (Phi) is 4.01. The average molecular weight is 351 g/mol. The van der Waals surface area contributed by atoms with Crippen LogP contribution in [0.1, 0.15) is 29.2 Å². The second-order valence-electron chi connectivity index (χ2n) is 4.89. The molecule has 1 aromatic rings. The first-order valence-electron chi connectivity index (χ1n) is 10.4. The normalized spacial score (nSPS) is 33.6. The Balaban J connectivity index is 2.18. The zero-order valence-corrected chi connectivity index (χ0v) is 13.0. The maximum absolute atomic E-state index is 10.2. The van der Waals surface area contributed by atoms with Crippen molar-refractivity contribution in [1.29, 1.82) is 0 Å². The fraction of sp³-hybridized carbons (Fsp3) is 0.714. The molecule has 1 aliphatic rings. The average Bonchev–Trinajstić information content (AvgIpc) is 2.85. The molecule has 0 amide bonds. The van der Waals surface area contributed by atoms with E-state index >= 15 is 0 Å². The third-order valence-corrected chi connectivity index (χ3v) is 3.87. The standard InChI is InChI=1S/C14H24N4O4S/c1-2-5-23-14-17-10(15)7-11(18-14)16-8-6-9(22-4-3-19)13(21)12(8)20/h7-9,12-13,19-21H,2-6H2,1H3,(H3,15,16,17,18)/t8-,9+,12+,13-/m1/s1/i1D3,2D2,5D2. The summed E-state index contributed by atoms with van der Waals surface area (Å²) in [6.07, 6.45) is -6.18. The molecule has 1 heterocycles. The van der Waals surface area contributed by atoms with Gasteiger partial charge in [0.2, 0.25) is 0 Å². The van der Waals surface area contributed by atoms with Gasteiger partial charge in [-0.25, -0.2) is 9.97 Å². The van der Waals surface area contributed by atoms with Crippen molar-refractivity contribution in [2.75, 3.05) is 30.0 Å². The topological polar surface area (TPSA) is 134 Å². The van der Waals surface area contributed by atoms with Gasteiger partial charge in [-0.1, -0.05) is 18.6 Å². The second-order valence-corrected chi connectivity index (χ2v) is 5.66. The van der Waals surface area contributed by atoms with Crippen molar-refractivity contribution in [3.05, 3.63) is 6.07 Å². The Morgan fingerprint density at radius 2 is 2.35 bits per heavy atom. The summed E-state index contributed by atoms with van der Waals surface area (Å²) in [5.41, 5.74) is 2.80. The molecule has 6 N–H and O–H groups in total. The van der Waals surface area contributed by atoms with E-state index in [1.165, 1.54) is 6.07 Å². The third-order valence-electron chi connectivity index (χ3n) is 3.30. The maximum Gasteiger partial charge on any atom is 0.191 e. The summed E-state index contributed by atoms with van der Waals surface area (Å²) < 4.78 is 58.1. The zero-order chi connectivity index (χ0) is 22.9. The summed E-state index contributed by atoms with van der Waals surface area (Å²) in [7, 11) is 0. The van der Waals surface area contributed by atoms with Crippen LogP contribution in [0.25, 0.3) is 0 Å². The van der Waals surface area contributed by atoms with Crippen LogP contribution < -0.4 is 11.1 Å². The largest absolute Gasteiger partial charge is 0.394 e. The van der Waals surface area contributed by atoms with Crippen LogP contribution in [-0.2, 0) is 4.74 Å². The van der Waals surface area contributed by atoms with Gasteiger partial charge >= 0.3 is 0 Å². The first-order chi connectivity index (χ1) is 13.7. The Bertz CT molecular complexity index is 743.